The number of nitrogens with one attached hydrogen (secondary N) is 1. The van der Waals surface area contributed by atoms with Gasteiger partial charge in [0, 0.05) is 25.2 Å². The third-order valence-corrected chi connectivity index (χ3v) is 3.13. The summed E-state index contributed by atoms with van der Waals surface area (Å²) in [5.74, 6) is -2.72. The number of aromatic hydroxyl groups is 1. The summed E-state index contributed by atoms with van der Waals surface area (Å²) in [4.78, 5) is 33.1. The molecule has 0 aliphatic rings. The maximum atomic E-state index is 11.7. The molecule has 1 amide bonds. The maximum Gasteiger partial charge on any atom is 0.328 e. The van der Waals surface area contributed by atoms with Gasteiger partial charge in [-0.1, -0.05) is 26.0 Å². The number of carbonyl (C=O) groups excluding carboxylic acids is 1. The minimum Gasteiger partial charge on any atom is -0.507 e. The molecule has 8 nitrogen and oxygen atoms in total. The lowest BCUT2D eigenvalue weighted by Gasteiger charge is -2.18. The first-order valence-corrected chi connectivity index (χ1v) is 7.74. The van der Waals surface area contributed by atoms with E-state index in [-0.39, 0.29) is 11.7 Å². The number of phenols is 1. The Morgan fingerprint density at radius 1 is 1.04 bits per heavy atom. The zero-order valence-electron chi connectivity index (χ0n) is 14.3. The van der Waals surface area contributed by atoms with Gasteiger partial charge in [0.2, 0.25) is 0 Å². The highest BCUT2D eigenvalue weighted by Gasteiger charge is 2.09. The summed E-state index contributed by atoms with van der Waals surface area (Å²) in [6.07, 6.45) is 1.12. The van der Waals surface area contributed by atoms with Gasteiger partial charge in [-0.3, -0.25) is 4.79 Å². The van der Waals surface area contributed by atoms with Crippen LogP contribution in [-0.2, 0) is 9.59 Å². The smallest absolute Gasteiger partial charge is 0.328 e. The van der Waals surface area contributed by atoms with E-state index in [0.29, 0.717) is 24.3 Å². The number of hydrogen-bond donors (Lipinski definition) is 4. The third kappa shape index (κ3) is 10.5. The molecule has 1 aromatic rings. The number of nitrogens with zero attached hydrogens (tertiary/aromatic N) is 1. The van der Waals surface area contributed by atoms with Gasteiger partial charge in [0.25, 0.3) is 5.91 Å². The number of benzene rings is 1. The average molecular weight is 352 g/mol. The molecule has 1 rings (SSSR count). The van der Waals surface area contributed by atoms with Gasteiger partial charge < -0.3 is 25.5 Å². The number of rotatable bonds is 8. The van der Waals surface area contributed by atoms with E-state index in [1.807, 2.05) is 0 Å². The molecule has 0 spiro atoms. The van der Waals surface area contributed by atoms with Gasteiger partial charge in [0.15, 0.2) is 0 Å². The van der Waals surface area contributed by atoms with Crippen LogP contribution in [0.25, 0.3) is 0 Å². The number of phenolic OH excluding ortho intramolecular Hbond substituents is 1. The number of carboxylic acid groups (broad SMARTS) is 2. The fraction of sp³-hybridized carbons (Fsp3) is 0.353. The molecule has 0 unspecified atom stereocenters. The van der Waals surface area contributed by atoms with Gasteiger partial charge in [0.1, 0.15) is 5.75 Å². The minimum absolute atomic E-state index is 0.0211. The molecule has 1 aromatic carbocycles. The van der Waals surface area contributed by atoms with Crippen LogP contribution in [0, 0.1) is 0 Å². The zero-order valence-corrected chi connectivity index (χ0v) is 14.3. The molecule has 8 heteroatoms. The Labute approximate surface area is 146 Å². The van der Waals surface area contributed by atoms with Gasteiger partial charge in [-0.2, -0.15) is 0 Å². The third-order valence-electron chi connectivity index (χ3n) is 3.13. The van der Waals surface area contributed by atoms with Crippen molar-refractivity contribution < 1.29 is 29.7 Å². The first-order valence-electron chi connectivity index (χ1n) is 7.74. The van der Waals surface area contributed by atoms with Crippen LogP contribution in [0.4, 0.5) is 0 Å². The van der Waals surface area contributed by atoms with Gasteiger partial charge in [0.05, 0.1) is 5.56 Å². The molecule has 25 heavy (non-hydrogen) atoms. The van der Waals surface area contributed by atoms with Crippen LogP contribution < -0.4 is 5.32 Å². The highest BCUT2D eigenvalue weighted by Crippen LogP contribution is 2.14. The van der Waals surface area contributed by atoms with E-state index in [1.54, 1.807) is 18.2 Å². The summed E-state index contributed by atoms with van der Waals surface area (Å²) in [7, 11) is 0. The monoisotopic (exact) mass is 352 g/mol. The number of carboxylic acids is 2. The maximum absolute atomic E-state index is 11.7. The van der Waals surface area contributed by atoms with Crippen molar-refractivity contribution in [3.05, 3.63) is 42.0 Å². The number of para-hydroxylation sites is 1. The number of likely N-dealkylation sites (N-methyl/N-ethyl adjacent to an activating group) is 1. The fourth-order valence-corrected chi connectivity index (χ4v) is 1.77. The number of aliphatic carboxylic acids is 2. The van der Waals surface area contributed by atoms with Gasteiger partial charge in [-0.05, 0) is 25.2 Å². The van der Waals surface area contributed by atoms with Crippen LogP contribution in [0.2, 0.25) is 0 Å². The van der Waals surface area contributed by atoms with E-state index in [4.69, 9.17) is 10.2 Å². The van der Waals surface area contributed by atoms with Crippen molar-refractivity contribution in [1.29, 1.82) is 0 Å². The van der Waals surface area contributed by atoms with Crippen molar-refractivity contribution in [2.45, 2.75) is 13.8 Å². The Morgan fingerprint density at radius 2 is 1.56 bits per heavy atom. The molecular weight excluding hydrogens is 328 g/mol. The fourth-order valence-electron chi connectivity index (χ4n) is 1.77. The minimum atomic E-state index is -1.26. The highest BCUT2D eigenvalue weighted by atomic mass is 16.4. The normalized spacial score (nSPS) is 10.2. The van der Waals surface area contributed by atoms with Crippen molar-refractivity contribution >= 4 is 17.8 Å². The lowest BCUT2D eigenvalue weighted by atomic mass is 10.2. The van der Waals surface area contributed by atoms with Gasteiger partial charge >= 0.3 is 11.9 Å². The van der Waals surface area contributed by atoms with Crippen molar-refractivity contribution in [1.82, 2.24) is 10.2 Å². The summed E-state index contributed by atoms with van der Waals surface area (Å²) in [5, 5.41) is 27.9. The van der Waals surface area contributed by atoms with Crippen molar-refractivity contribution in [2.24, 2.45) is 0 Å². The van der Waals surface area contributed by atoms with E-state index in [2.05, 4.69) is 24.1 Å². The summed E-state index contributed by atoms with van der Waals surface area (Å²) in [6, 6.07) is 6.56. The molecule has 0 bridgehead atoms. The molecule has 0 aliphatic heterocycles. The number of hydrogen-bond acceptors (Lipinski definition) is 5. The zero-order chi connectivity index (χ0) is 19.2. The summed E-state index contributed by atoms with van der Waals surface area (Å²) in [6.45, 7) is 7.55. The lowest BCUT2D eigenvalue weighted by Crippen LogP contribution is -2.34. The molecule has 0 radical (unpaired) electrons. The summed E-state index contributed by atoms with van der Waals surface area (Å²) < 4.78 is 0. The molecule has 0 saturated carbocycles. The van der Waals surface area contributed by atoms with Crippen molar-refractivity contribution in [2.75, 3.05) is 26.2 Å². The van der Waals surface area contributed by atoms with Crippen LogP contribution in [0.5, 0.6) is 5.75 Å². The SMILES string of the molecule is CCN(CC)CCNC(=O)c1ccccc1O.O=C(O)/C=C/C(=O)O. The van der Waals surface area contributed by atoms with E-state index in [1.165, 1.54) is 6.07 Å². The Morgan fingerprint density at radius 3 is 2.00 bits per heavy atom. The van der Waals surface area contributed by atoms with E-state index >= 15 is 0 Å². The second-order valence-corrected chi connectivity index (χ2v) is 4.81. The van der Waals surface area contributed by atoms with Crippen LogP contribution in [-0.4, -0.2) is 64.2 Å². The van der Waals surface area contributed by atoms with Crippen LogP contribution >= 0.6 is 0 Å². The first-order chi connectivity index (χ1) is 11.8. The Bertz CT molecular complexity index is 581. The molecule has 0 saturated heterocycles. The molecular formula is C17H24N2O6. The Balaban J connectivity index is 0.000000609. The number of amides is 1. The molecule has 0 fully saturated rings. The van der Waals surface area contributed by atoms with E-state index < -0.39 is 11.9 Å². The second kappa shape index (κ2) is 12.5. The van der Waals surface area contributed by atoms with Crippen molar-refractivity contribution in [3.8, 4) is 5.75 Å². The average Bonchev–Trinajstić information content (AvgIpc) is 2.57. The van der Waals surface area contributed by atoms with Gasteiger partial charge in [-0.15, -0.1) is 0 Å². The van der Waals surface area contributed by atoms with Gasteiger partial charge in [-0.25, -0.2) is 9.59 Å². The Hall–Kier alpha value is -2.87. The molecule has 0 aromatic heterocycles. The summed E-state index contributed by atoms with van der Waals surface area (Å²) >= 11 is 0. The van der Waals surface area contributed by atoms with Crippen LogP contribution in [0.15, 0.2) is 36.4 Å². The molecule has 0 atom stereocenters. The first kappa shape index (κ1) is 22.1. The van der Waals surface area contributed by atoms with Crippen LogP contribution in [0.1, 0.15) is 24.2 Å². The van der Waals surface area contributed by atoms with Crippen molar-refractivity contribution in [3.63, 3.8) is 0 Å². The molecule has 4 N–H and O–H groups in total. The lowest BCUT2D eigenvalue weighted by molar-refractivity contribution is -0.134. The molecule has 0 heterocycles. The second-order valence-electron chi connectivity index (χ2n) is 4.81. The van der Waals surface area contributed by atoms with Crippen LogP contribution in [0.3, 0.4) is 0 Å². The largest absolute Gasteiger partial charge is 0.507 e. The molecule has 0 aliphatic carbocycles. The van der Waals surface area contributed by atoms with E-state index in [0.717, 1.165) is 19.6 Å². The topological polar surface area (TPSA) is 127 Å². The Kier molecular flexibility index (Phi) is 11.1. The predicted molar refractivity (Wildman–Crippen MR) is 92.6 cm³/mol. The summed E-state index contributed by atoms with van der Waals surface area (Å²) in [5.41, 5.74) is 0.326. The standard InChI is InChI=1S/C13H20N2O2.C4H4O4/c1-3-15(4-2)10-9-14-13(17)11-7-5-6-8-12(11)16;5-3(6)1-2-4(7)8/h5-8,16H,3-4,9-10H2,1-2H3,(H,14,17);1-2H,(H,5,6)(H,7,8)/b;2-1+. The predicted octanol–water partition coefficient (Wildman–Crippen LogP) is 1.18. The highest BCUT2D eigenvalue weighted by molar-refractivity contribution is 5.96. The van der Waals surface area contributed by atoms with E-state index in [9.17, 15) is 19.5 Å². The number of carbonyl (C=O) groups is 3. The molecule has 138 valence electrons. The quantitative estimate of drug-likeness (QED) is 0.517.